The van der Waals surface area contributed by atoms with Crippen LogP contribution in [-0.2, 0) is 0 Å². The number of hydrogen-bond donors (Lipinski definition) is 1. The fraction of sp³-hybridized carbons (Fsp3) is 0.440. The fourth-order valence-corrected chi connectivity index (χ4v) is 2.86. The van der Waals surface area contributed by atoms with Crippen LogP contribution in [0.1, 0.15) is 85.9 Å². The topological polar surface area (TPSA) is 60.2 Å². The van der Waals surface area contributed by atoms with Gasteiger partial charge in [-0.2, -0.15) is 0 Å². The second kappa shape index (κ2) is 14.8. The second-order valence-corrected chi connectivity index (χ2v) is 7.28. The lowest BCUT2D eigenvalue weighted by Crippen LogP contribution is -2.14. The Morgan fingerprint density at radius 2 is 1.11 bits per heavy atom. The van der Waals surface area contributed by atoms with Gasteiger partial charge in [0, 0.05) is 17.2 Å². The number of rotatable bonds is 11. The van der Waals surface area contributed by atoms with E-state index in [1.165, 1.54) is 51.4 Å². The van der Waals surface area contributed by atoms with Crippen LogP contribution >= 0.6 is 0 Å². The van der Waals surface area contributed by atoms with Crippen molar-refractivity contribution >= 4 is 11.6 Å². The van der Waals surface area contributed by atoms with E-state index in [0.717, 1.165) is 0 Å². The number of benzene rings is 2. The molecule has 3 heteroatoms. The molecule has 2 N–H and O–H groups in total. The minimum atomic E-state index is -0.466. The number of nitrogens with two attached hydrogens (primary N) is 1. The minimum Gasteiger partial charge on any atom is -0.328 e. The van der Waals surface area contributed by atoms with Crippen molar-refractivity contribution in [2.24, 2.45) is 5.73 Å². The third-order valence-electron chi connectivity index (χ3n) is 4.54. The monoisotopic (exact) mass is 381 g/mol. The Hall–Kier alpha value is -2.26. The van der Waals surface area contributed by atoms with Crippen LogP contribution in [0, 0.1) is 0 Å². The van der Waals surface area contributed by atoms with Gasteiger partial charge in [-0.1, -0.05) is 113 Å². The third-order valence-corrected chi connectivity index (χ3v) is 4.54. The zero-order valence-electron chi connectivity index (χ0n) is 17.4. The van der Waals surface area contributed by atoms with Crippen LogP contribution in [0.25, 0.3) is 0 Å². The van der Waals surface area contributed by atoms with Gasteiger partial charge in [0.05, 0.1) is 0 Å². The summed E-state index contributed by atoms with van der Waals surface area (Å²) in [7, 11) is 0. The van der Waals surface area contributed by atoms with Gasteiger partial charge in [-0.3, -0.25) is 9.59 Å². The van der Waals surface area contributed by atoms with Crippen molar-refractivity contribution in [3.8, 4) is 0 Å². The Balaban J connectivity index is 0.000000295. The first kappa shape index (κ1) is 23.8. The number of carbonyl (C=O) groups excluding carboxylic acids is 2. The number of carbonyl (C=O) groups is 2. The molecule has 3 nitrogen and oxygen atoms in total. The molecular weight excluding hydrogens is 346 g/mol. The molecule has 0 spiro atoms. The highest BCUT2D eigenvalue weighted by Crippen LogP contribution is 2.09. The van der Waals surface area contributed by atoms with E-state index in [1.807, 2.05) is 12.1 Å². The Labute approximate surface area is 170 Å². The van der Waals surface area contributed by atoms with Gasteiger partial charge >= 0.3 is 0 Å². The van der Waals surface area contributed by atoms with E-state index in [4.69, 9.17) is 5.73 Å². The van der Waals surface area contributed by atoms with Gasteiger partial charge in [-0.15, -0.1) is 0 Å². The van der Waals surface area contributed by atoms with Crippen molar-refractivity contribution in [1.82, 2.24) is 0 Å². The molecule has 0 saturated carbocycles. The van der Waals surface area contributed by atoms with E-state index in [1.54, 1.807) is 48.5 Å². The summed E-state index contributed by atoms with van der Waals surface area (Å²) < 4.78 is 0. The molecule has 28 heavy (non-hydrogen) atoms. The predicted octanol–water partition coefficient (Wildman–Crippen LogP) is 6.23. The molecule has 0 fully saturated rings. The third kappa shape index (κ3) is 10.2. The van der Waals surface area contributed by atoms with Crippen molar-refractivity contribution < 1.29 is 9.59 Å². The van der Waals surface area contributed by atoms with Crippen molar-refractivity contribution in [1.29, 1.82) is 0 Å². The smallest absolute Gasteiger partial charge is 0.233 e. The minimum absolute atomic E-state index is 0.403. The molecule has 0 aliphatic heterocycles. The van der Waals surface area contributed by atoms with Crippen LogP contribution in [0.2, 0.25) is 0 Å². The molecule has 2 rings (SSSR count). The average molecular weight is 382 g/mol. The Morgan fingerprint density at radius 3 is 1.50 bits per heavy atom. The van der Waals surface area contributed by atoms with E-state index in [0.29, 0.717) is 17.2 Å². The highest BCUT2D eigenvalue weighted by atomic mass is 16.2. The van der Waals surface area contributed by atoms with E-state index in [-0.39, 0.29) is 0 Å². The van der Waals surface area contributed by atoms with Gasteiger partial charge in [0.1, 0.15) is 0 Å². The molecule has 0 aliphatic rings. The Bertz CT molecular complexity index is 616. The molecule has 2 aromatic rings. The van der Waals surface area contributed by atoms with Gasteiger partial charge in [0.25, 0.3) is 0 Å². The molecule has 0 saturated heterocycles. The van der Waals surface area contributed by atoms with Gasteiger partial charge in [-0.25, -0.2) is 0 Å². The summed E-state index contributed by atoms with van der Waals surface area (Å²) in [5.41, 5.74) is 6.51. The molecular formula is C25H35NO2. The second-order valence-electron chi connectivity index (χ2n) is 7.28. The van der Waals surface area contributed by atoms with Gasteiger partial charge in [-0.05, 0) is 13.3 Å². The Morgan fingerprint density at radius 1 is 0.714 bits per heavy atom. The number of unbranched alkanes of at least 4 members (excludes halogenated alkanes) is 6. The summed E-state index contributed by atoms with van der Waals surface area (Å²) in [5.74, 6) is -0.932. The van der Waals surface area contributed by atoms with Crippen LogP contribution in [0.3, 0.4) is 0 Å². The SMILES string of the molecule is CCCCCCCCCC(C)N.O=C(C(=O)c1ccccc1)c1ccccc1. The largest absolute Gasteiger partial charge is 0.328 e. The summed E-state index contributed by atoms with van der Waals surface area (Å²) in [6, 6.07) is 17.6. The summed E-state index contributed by atoms with van der Waals surface area (Å²) >= 11 is 0. The maximum atomic E-state index is 11.8. The molecule has 1 unspecified atom stereocenters. The number of hydrogen-bond acceptors (Lipinski definition) is 3. The standard InChI is InChI=1S/C14H10O2.C11H25N/c15-13(11-7-3-1-4-8-11)14(16)12-9-5-2-6-10-12;1-3-4-5-6-7-8-9-10-11(2)12/h1-10H;11H,3-10,12H2,1-2H3. The summed E-state index contributed by atoms with van der Waals surface area (Å²) in [6.45, 7) is 4.35. The maximum Gasteiger partial charge on any atom is 0.233 e. The van der Waals surface area contributed by atoms with Crippen molar-refractivity contribution in [2.45, 2.75) is 71.3 Å². The van der Waals surface area contributed by atoms with Crippen LogP contribution in [0.5, 0.6) is 0 Å². The fourth-order valence-electron chi connectivity index (χ4n) is 2.86. The molecule has 152 valence electrons. The number of Topliss-reactive ketones (excluding diaryl/α,β-unsaturated/α-hetero) is 2. The molecule has 0 aliphatic carbocycles. The normalized spacial score (nSPS) is 11.2. The van der Waals surface area contributed by atoms with E-state index >= 15 is 0 Å². The molecule has 0 heterocycles. The van der Waals surface area contributed by atoms with E-state index in [9.17, 15) is 9.59 Å². The van der Waals surface area contributed by atoms with E-state index < -0.39 is 11.6 Å². The first-order chi connectivity index (χ1) is 13.6. The maximum absolute atomic E-state index is 11.8. The van der Waals surface area contributed by atoms with Gasteiger partial charge < -0.3 is 5.73 Å². The zero-order valence-corrected chi connectivity index (χ0v) is 17.4. The van der Waals surface area contributed by atoms with Gasteiger partial charge in [0.15, 0.2) is 0 Å². The predicted molar refractivity (Wildman–Crippen MR) is 118 cm³/mol. The quantitative estimate of drug-likeness (QED) is 0.285. The summed E-state index contributed by atoms with van der Waals surface area (Å²) in [4.78, 5) is 23.6. The van der Waals surface area contributed by atoms with E-state index in [2.05, 4.69) is 13.8 Å². The lowest BCUT2D eigenvalue weighted by Gasteiger charge is -2.03. The average Bonchev–Trinajstić information content (AvgIpc) is 2.73. The van der Waals surface area contributed by atoms with Crippen molar-refractivity contribution in [3.63, 3.8) is 0 Å². The highest BCUT2D eigenvalue weighted by molar-refractivity contribution is 6.49. The van der Waals surface area contributed by atoms with Crippen LogP contribution < -0.4 is 5.73 Å². The zero-order chi connectivity index (χ0) is 20.6. The molecule has 0 bridgehead atoms. The van der Waals surface area contributed by atoms with Crippen LogP contribution in [0.15, 0.2) is 60.7 Å². The lowest BCUT2D eigenvalue weighted by atomic mass is 10.0. The lowest BCUT2D eigenvalue weighted by molar-refractivity contribution is 0.0817. The first-order valence-corrected chi connectivity index (χ1v) is 10.5. The van der Waals surface area contributed by atoms with Crippen molar-refractivity contribution in [3.05, 3.63) is 71.8 Å². The number of ketones is 2. The van der Waals surface area contributed by atoms with Gasteiger partial charge in [0.2, 0.25) is 11.6 Å². The van der Waals surface area contributed by atoms with Crippen LogP contribution in [0.4, 0.5) is 0 Å². The molecule has 1 atom stereocenters. The first-order valence-electron chi connectivity index (χ1n) is 10.5. The highest BCUT2D eigenvalue weighted by Gasteiger charge is 2.17. The molecule has 2 aromatic carbocycles. The molecule has 0 radical (unpaired) electrons. The molecule has 0 amide bonds. The Kier molecular flexibility index (Phi) is 12.5. The van der Waals surface area contributed by atoms with Crippen LogP contribution in [-0.4, -0.2) is 17.6 Å². The summed E-state index contributed by atoms with van der Waals surface area (Å²) in [5, 5.41) is 0. The summed E-state index contributed by atoms with van der Waals surface area (Å²) in [6.07, 6.45) is 10.9. The van der Waals surface area contributed by atoms with Crippen molar-refractivity contribution in [2.75, 3.05) is 0 Å². The molecule has 0 aromatic heterocycles.